The molecule has 13 nitrogen and oxygen atoms in total. The Morgan fingerprint density at radius 3 is 2.39 bits per heavy atom. The summed E-state index contributed by atoms with van der Waals surface area (Å²) in [6, 6.07) is 15.1. The van der Waals surface area contributed by atoms with Crippen molar-refractivity contribution in [2.45, 2.75) is 96.1 Å². The molecule has 1 aromatic heterocycles. The molecule has 0 unspecified atom stereocenters. The number of nitrogens with zero attached hydrogens (tertiary/aromatic N) is 3. The van der Waals surface area contributed by atoms with Crippen LogP contribution in [0.5, 0.6) is 0 Å². The van der Waals surface area contributed by atoms with Crippen molar-refractivity contribution in [1.29, 1.82) is 0 Å². The standard InChI is InChI=1S/C49H63F2N5O8SSi/c1-66(2,3)27-26-64-49(63)52-23-13-25-56(46(60)34-65-33-38(48(61)62)30-53-43(57)18-11-6-12-24-55-44(58)21-22-45(55)59)47(36-16-9-5-10-17-36)42-28-37(40-29-39(50)19-20-41(40)51)32-54(42)31-35-14-7-4-8-15-35/h4,7-8,13-15,19-23,28-29,32,36,38,47H,5-6,9-12,16-18,24-27,30-31,33-34H2,1-3H3,(H,52,63)(H,53,57)(H,61,62)/b23-13-/t38-,47+/m0/s1. The molecule has 66 heavy (non-hydrogen) atoms. The van der Waals surface area contributed by atoms with Crippen LogP contribution in [0, 0.1) is 23.5 Å². The van der Waals surface area contributed by atoms with Crippen LogP contribution in [-0.4, -0.2) is 101 Å². The second-order valence-corrected chi connectivity index (χ2v) is 24.8. The van der Waals surface area contributed by atoms with Crippen molar-refractivity contribution in [2.75, 3.05) is 37.7 Å². The first-order valence-corrected chi connectivity index (χ1v) is 27.6. The summed E-state index contributed by atoms with van der Waals surface area (Å²) in [6.45, 7) is 7.43. The van der Waals surface area contributed by atoms with Crippen LogP contribution in [0.25, 0.3) is 11.1 Å². The third-order valence-electron chi connectivity index (χ3n) is 11.8. The molecule has 0 bridgehead atoms. The minimum atomic E-state index is -1.44. The summed E-state index contributed by atoms with van der Waals surface area (Å²) in [6.07, 6.45) is 13.1. The van der Waals surface area contributed by atoms with Crippen LogP contribution < -0.4 is 10.6 Å². The number of amides is 5. The number of rotatable bonds is 25. The summed E-state index contributed by atoms with van der Waals surface area (Å²) in [5, 5.41) is 15.5. The van der Waals surface area contributed by atoms with Crippen LogP contribution in [0.1, 0.15) is 75.1 Å². The number of nitrogens with one attached hydrogen (secondary N) is 2. The lowest BCUT2D eigenvalue weighted by Gasteiger charge is -2.39. The highest BCUT2D eigenvalue weighted by Gasteiger charge is 2.35. The Morgan fingerprint density at radius 2 is 1.70 bits per heavy atom. The molecule has 1 saturated carbocycles. The Bertz CT molecular complexity index is 2190. The number of benzene rings is 2. The molecule has 356 valence electrons. The van der Waals surface area contributed by atoms with Gasteiger partial charge in [-0.1, -0.05) is 75.7 Å². The van der Waals surface area contributed by atoms with Crippen molar-refractivity contribution in [2.24, 2.45) is 11.8 Å². The molecule has 5 rings (SSSR count). The maximum Gasteiger partial charge on any atom is 0.411 e. The number of thioether (sulfide) groups is 1. The predicted molar refractivity (Wildman–Crippen MR) is 254 cm³/mol. The molecule has 2 aliphatic rings. The number of carbonyl (C=O) groups is 6. The summed E-state index contributed by atoms with van der Waals surface area (Å²) in [5.41, 5.74) is 2.24. The fraction of sp³-hybridized carbons (Fsp3) is 0.469. The Kier molecular flexibility index (Phi) is 19.8. The van der Waals surface area contributed by atoms with Gasteiger partial charge in [0, 0.05) is 87.8 Å². The van der Waals surface area contributed by atoms with Gasteiger partial charge in [-0.05, 0) is 73.6 Å². The molecule has 5 amide bonds. The number of carboxylic acids is 1. The van der Waals surface area contributed by atoms with Crippen molar-refractivity contribution < 1.29 is 47.4 Å². The zero-order valence-corrected chi connectivity index (χ0v) is 40.0. The molecule has 3 aromatic rings. The zero-order valence-electron chi connectivity index (χ0n) is 38.1. The van der Waals surface area contributed by atoms with Gasteiger partial charge in [0.2, 0.25) is 11.8 Å². The Hall–Kier alpha value is -5.55. The number of carbonyl (C=O) groups excluding carboxylic acids is 5. The van der Waals surface area contributed by atoms with Crippen LogP contribution in [0.2, 0.25) is 25.7 Å². The van der Waals surface area contributed by atoms with Gasteiger partial charge in [-0.15, -0.1) is 0 Å². The first kappa shape index (κ1) is 51.4. The van der Waals surface area contributed by atoms with Crippen LogP contribution in [-0.2, 0) is 35.3 Å². The van der Waals surface area contributed by atoms with E-state index in [1.54, 1.807) is 17.2 Å². The maximum absolute atomic E-state index is 15.4. The normalized spacial score (nSPS) is 15.3. The number of hydrogen-bond donors (Lipinski definition) is 3. The van der Waals surface area contributed by atoms with Gasteiger partial charge in [-0.2, -0.15) is 11.8 Å². The van der Waals surface area contributed by atoms with E-state index in [0.717, 1.165) is 84.3 Å². The van der Waals surface area contributed by atoms with Gasteiger partial charge in [0.05, 0.1) is 24.3 Å². The summed E-state index contributed by atoms with van der Waals surface area (Å²) < 4.78 is 37.4. The Morgan fingerprint density at radius 1 is 0.970 bits per heavy atom. The van der Waals surface area contributed by atoms with Gasteiger partial charge in [-0.3, -0.25) is 34.2 Å². The number of imide groups is 1. The van der Waals surface area contributed by atoms with Crippen molar-refractivity contribution in [1.82, 2.24) is 25.0 Å². The summed E-state index contributed by atoms with van der Waals surface area (Å²) in [5.74, 6) is -4.68. The quantitative estimate of drug-likeness (QED) is 0.0429. The van der Waals surface area contributed by atoms with Crippen LogP contribution in [0.4, 0.5) is 13.6 Å². The van der Waals surface area contributed by atoms with Crippen molar-refractivity contribution >= 4 is 55.5 Å². The van der Waals surface area contributed by atoms with E-state index in [1.807, 2.05) is 41.0 Å². The van der Waals surface area contributed by atoms with Gasteiger partial charge >= 0.3 is 12.1 Å². The van der Waals surface area contributed by atoms with Gasteiger partial charge < -0.3 is 24.6 Å². The summed E-state index contributed by atoms with van der Waals surface area (Å²) in [4.78, 5) is 78.8. The molecule has 1 aliphatic heterocycles. The number of aliphatic carboxylic acids is 1. The van der Waals surface area contributed by atoms with Crippen LogP contribution in [0.15, 0.2) is 85.2 Å². The predicted octanol–water partition coefficient (Wildman–Crippen LogP) is 8.55. The third kappa shape index (κ3) is 16.1. The molecule has 17 heteroatoms. The minimum absolute atomic E-state index is 0.0144. The van der Waals surface area contributed by atoms with E-state index in [-0.39, 0.29) is 72.7 Å². The lowest BCUT2D eigenvalue weighted by molar-refractivity contribution is -0.141. The van der Waals surface area contributed by atoms with Crippen LogP contribution in [0.3, 0.4) is 0 Å². The van der Waals surface area contributed by atoms with Crippen molar-refractivity contribution in [3.8, 4) is 11.1 Å². The fourth-order valence-corrected chi connectivity index (χ4v) is 9.84. The first-order chi connectivity index (χ1) is 31.6. The average Bonchev–Trinajstić information content (AvgIpc) is 3.84. The minimum Gasteiger partial charge on any atom is -0.481 e. The molecule has 0 spiro atoms. The van der Waals surface area contributed by atoms with E-state index < -0.39 is 43.7 Å². The van der Waals surface area contributed by atoms with E-state index >= 15 is 4.39 Å². The van der Waals surface area contributed by atoms with E-state index in [0.29, 0.717) is 38.0 Å². The smallest absolute Gasteiger partial charge is 0.411 e. The zero-order chi connectivity index (χ0) is 47.6. The van der Waals surface area contributed by atoms with Gasteiger partial charge in [0.25, 0.3) is 11.8 Å². The molecular formula is C49H63F2N5O8SSi. The van der Waals surface area contributed by atoms with Crippen LogP contribution >= 0.6 is 11.8 Å². The van der Waals surface area contributed by atoms with Gasteiger partial charge in [-0.25, -0.2) is 13.6 Å². The molecule has 0 saturated heterocycles. The first-order valence-electron chi connectivity index (χ1n) is 22.8. The summed E-state index contributed by atoms with van der Waals surface area (Å²) >= 11 is 1.14. The number of unbranched alkanes of at least 4 members (excludes halogenated alkanes) is 2. The summed E-state index contributed by atoms with van der Waals surface area (Å²) in [7, 11) is -1.44. The number of halogens is 2. The third-order valence-corrected chi connectivity index (χ3v) is 14.5. The number of hydrogen-bond acceptors (Lipinski definition) is 8. The largest absolute Gasteiger partial charge is 0.481 e. The molecule has 2 atom stereocenters. The van der Waals surface area contributed by atoms with Crippen molar-refractivity contribution in [3.05, 3.63) is 108 Å². The highest BCUT2D eigenvalue weighted by Crippen LogP contribution is 2.41. The Labute approximate surface area is 391 Å². The second kappa shape index (κ2) is 25.4. The number of aromatic nitrogens is 1. The number of ether oxygens (including phenoxy) is 1. The van der Waals surface area contributed by atoms with E-state index in [9.17, 15) is 38.3 Å². The fourth-order valence-electron chi connectivity index (χ4n) is 8.12. The average molecular weight is 948 g/mol. The lowest BCUT2D eigenvalue weighted by atomic mass is 9.81. The lowest BCUT2D eigenvalue weighted by Crippen LogP contribution is -2.42. The van der Waals surface area contributed by atoms with Gasteiger partial charge in [0.15, 0.2) is 0 Å². The highest BCUT2D eigenvalue weighted by molar-refractivity contribution is 7.99. The van der Waals surface area contributed by atoms with E-state index in [2.05, 4.69) is 30.3 Å². The molecule has 2 aromatic carbocycles. The van der Waals surface area contributed by atoms with Gasteiger partial charge in [0.1, 0.15) is 11.6 Å². The molecule has 1 fully saturated rings. The monoisotopic (exact) mass is 947 g/mol. The Balaban J connectivity index is 1.34. The number of alkyl carbamates (subject to hydrolysis) is 1. The molecule has 0 radical (unpaired) electrons. The highest BCUT2D eigenvalue weighted by atomic mass is 32.2. The SMILES string of the molecule is C[Si](C)(C)CCOC(=O)N/C=C\CN(C(=O)CSC[C@H](CNC(=O)CCCCCN1C(=O)C=CC1=O)C(=O)O)[C@@H](c1cc(-c2cc(F)ccc2F)cn1Cc1ccccc1)C1CCCCC1. The molecule has 2 heterocycles. The topological polar surface area (TPSA) is 167 Å². The maximum atomic E-state index is 15.4. The van der Waals surface area contributed by atoms with Crippen molar-refractivity contribution in [3.63, 3.8) is 0 Å². The van der Waals surface area contributed by atoms with E-state index in [4.69, 9.17) is 4.74 Å². The molecule has 1 aliphatic carbocycles. The number of carboxylic acid groups (broad SMARTS) is 1. The second-order valence-electron chi connectivity index (χ2n) is 18.1. The van der Waals surface area contributed by atoms with E-state index in [1.165, 1.54) is 18.4 Å². The molecular weight excluding hydrogens is 885 g/mol. The molecule has 3 N–H and O–H groups in total.